The summed E-state index contributed by atoms with van der Waals surface area (Å²) in [4.78, 5) is 22.9. The average molecular weight is 367 g/mol. The SMILES string of the molecule is CCCN(CCC)c1nc2cc(C(=O)O)ccc2nc1-c1ccc(F)cc1. The summed E-state index contributed by atoms with van der Waals surface area (Å²) in [6, 6.07) is 10.9. The Morgan fingerprint density at radius 1 is 1.00 bits per heavy atom. The summed E-state index contributed by atoms with van der Waals surface area (Å²) >= 11 is 0. The minimum Gasteiger partial charge on any atom is -0.478 e. The Hall–Kier alpha value is -3.02. The molecule has 2 aromatic carbocycles. The van der Waals surface area contributed by atoms with Crippen LogP contribution in [0.15, 0.2) is 42.5 Å². The number of benzene rings is 2. The number of hydrogen-bond acceptors (Lipinski definition) is 4. The van der Waals surface area contributed by atoms with E-state index >= 15 is 0 Å². The number of aromatic nitrogens is 2. The Morgan fingerprint density at radius 2 is 1.67 bits per heavy atom. The molecule has 27 heavy (non-hydrogen) atoms. The lowest BCUT2D eigenvalue weighted by molar-refractivity contribution is 0.0697. The first-order chi connectivity index (χ1) is 13.0. The van der Waals surface area contributed by atoms with E-state index in [1.54, 1.807) is 24.3 Å². The van der Waals surface area contributed by atoms with Crippen LogP contribution < -0.4 is 4.90 Å². The van der Waals surface area contributed by atoms with Crippen molar-refractivity contribution < 1.29 is 14.3 Å². The summed E-state index contributed by atoms with van der Waals surface area (Å²) in [5.74, 6) is -0.610. The molecule has 0 unspecified atom stereocenters. The van der Waals surface area contributed by atoms with E-state index in [0.717, 1.165) is 31.5 Å². The van der Waals surface area contributed by atoms with Crippen LogP contribution in [0.4, 0.5) is 10.2 Å². The van der Waals surface area contributed by atoms with Gasteiger partial charge < -0.3 is 10.0 Å². The molecule has 1 N–H and O–H groups in total. The van der Waals surface area contributed by atoms with E-state index in [1.807, 2.05) is 0 Å². The normalized spacial score (nSPS) is 10.9. The molecule has 3 rings (SSSR count). The van der Waals surface area contributed by atoms with Gasteiger partial charge in [-0.2, -0.15) is 0 Å². The van der Waals surface area contributed by atoms with Crippen molar-refractivity contribution in [2.45, 2.75) is 26.7 Å². The predicted molar refractivity (Wildman–Crippen MR) is 105 cm³/mol. The monoisotopic (exact) mass is 367 g/mol. The highest BCUT2D eigenvalue weighted by atomic mass is 19.1. The molecule has 5 nitrogen and oxygen atoms in total. The van der Waals surface area contributed by atoms with Gasteiger partial charge in [-0.05, 0) is 55.3 Å². The maximum absolute atomic E-state index is 13.4. The highest BCUT2D eigenvalue weighted by molar-refractivity contribution is 5.93. The van der Waals surface area contributed by atoms with Crippen molar-refractivity contribution in [2.75, 3.05) is 18.0 Å². The number of aromatic carboxylic acids is 1. The number of rotatable bonds is 7. The van der Waals surface area contributed by atoms with Crippen LogP contribution in [-0.2, 0) is 0 Å². The van der Waals surface area contributed by atoms with Gasteiger partial charge in [0.2, 0.25) is 0 Å². The summed E-state index contributed by atoms with van der Waals surface area (Å²) in [6.45, 7) is 5.80. The molecular weight excluding hydrogens is 345 g/mol. The molecule has 0 atom stereocenters. The fourth-order valence-electron chi connectivity index (χ4n) is 3.06. The molecule has 0 amide bonds. The number of anilines is 1. The van der Waals surface area contributed by atoms with E-state index in [9.17, 15) is 14.3 Å². The van der Waals surface area contributed by atoms with Gasteiger partial charge in [-0.1, -0.05) is 13.8 Å². The molecule has 0 aliphatic rings. The van der Waals surface area contributed by atoms with E-state index in [0.29, 0.717) is 22.5 Å². The van der Waals surface area contributed by atoms with Crippen molar-refractivity contribution in [1.29, 1.82) is 0 Å². The fraction of sp³-hybridized carbons (Fsp3) is 0.286. The zero-order valence-corrected chi connectivity index (χ0v) is 15.4. The van der Waals surface area contributed by atoms with Gasteiger partial charge in [-0.25, -0.2) is 19.2 Å². The van der Waals surface area contributed by atoms with E-state index in [2.05, 4.69) is 18.7 Å². The molecule has 0 bridgehead atoms. The molecule has 1 heterocycles. The maximum Gasteiger partial charge on any atom is 0.335 e. The van der Waals surface area contributed by atoms with Crippen molar-refractivity contribution in [3.63, 3.8) is 0 Å². The first-order valence-electron chi connectivity index (χ1n) is 9.09. The van der Waals surface area contributed by atoms with E-state index in [4.69, 9.17) is 9.97 Å². The Morgan fingerprint density at radius 3 is 2.26 bits per heavy atom. The van der Waals surface area contributed by atoms with Crippen LogP contribution in [0.5, 0.6) is 0 Å². The molecule has 0 fully saturated rings. The zero-order chi connectivity index (χ0) is 19.4. The Kier molecular flexibility index (Phi) is 5.64. The van der Waals surface area contributed by atoms with Crippen LogP contribution >= 0.6 is 0 Å². The average Bonchev–Trinajstić information content (AvgIpc) is 2.67. The Labute approximate surface area is 157 Å². The number of fused-ring (bicyclic) bond motifs is 1. The van der Waals surface area contributed by atoms with Crippen LogP contribution in [0.2, 0.25) is 0 Å². The quantitative estimate of drug-likeness (QED) is 0.652. The summed E-state index contributed by atoms with van der Waals surface area (Å²) in [7, 11) is 0. The molecule has 0 radical (unpaired) electrons. The third-order valence-electron chi connectivity index (χ3n) is 4.30. The molecule has 1 aromatic heterocycles. The van der Waals surface area contributed by atoms with Crippen molar-refractivity contribution >= 4 is 22.8 Å². The van der Waals surface area contributed by atoms with E-state index in [1.165, 1.54) is 18.2 Å². The van der Waals surface area contributed by atoms with Crippen LogP contribution in [0.3, 0.4) is 0 Å². The van der Waals surface area contributed by atoms with Crippen LogP contribution in [0.25, 0.3) is 22.3 Å². The van der Waals surface area contributed by atoms with Gasteiger partial charge in [0.15, 0.2) is 5.82 Å². The van der Waals surface area contributed by atoms with Crippen molar-refractivity contribution in [3.8, 4) is 11.3 Å². The lowest BCUT2D eigenvalue weighted by Gasteiger charge is -2.25. The summed E-state index contributed by atoms with van der Waals surface area (Å²) in [5, 5.41) is 9.26. The van der Waals surface area contributed by atoms with Crippen LogP contribution in [0, 0.1) is 5.82 Å². The number of hydrogen-bond donors (Lipinski definition) is 1. The fourth-order valence-corrected chi connectivity index (χ4v) is 3.06. The lowest BCUT2D eigenvalue weighted by Crippen LogP contribution is -2.27. The van der Waals surface area contributed by atoms with Gasteiger partial charge in [0, 0.05) is 18.7 Å². The smallest absolute Gasteiger partial charge is 0.335 e. The second-order valence-electron chi connectivity index (χ2n) is 6.40. The second kappa shape index (κ2) is 8.12. The second-order valence-corrected chi connectivity index (χ2v) is 6.40. The topological polar surface area (TPSA) is 66.3 Å². The standard InChI is InChI=1S/C21H22FN3O2/c1-3-11-25(12-4-2)20-19(14-5-8-16(22)9-6-14)23-17-10-7-15(21(26)27)13-18(17)24-20/h5-10,13H,3-4,11-12H2,1-2H3,(H,26,27). The van der Waals surface area contributed by atoms with Crippen molar-refractivity contribution in [2.24, 2.45) is 0 Å². The number of nitrogens with zero attached hydrogens (tertiary/aromatic N) is 3. The molecule has 0 saturated carbocycles. The molecule has 0 aliphatic heterocycles. The Bertz CT molecular complexity index is 952. The number of carbonyl (C=O) groups is 1. The number of carboxylic acid groups (broad SMARTS) is 1. The maximum atomic E-state index is 13.4. The highest BCUT2D eigenvalue weighted by Gasteiger charge is 2.17. The molecule has 0 aliphatic carbocycles. The van der Waals surface area contributed by atoms with Gasteiger partial charge in [-0.15, -0.1) is 0 Å². The van der Waals surface area contributed by atoms with Gasteiger partial charge in [-0.3, -0.25) is 0 Å². The van der Waals surface area contributed by atoms with Gasteiger partial charge in [0.05, 0.1) is 16.6 Å². The minimum absolute atomic E-state index is 0.176. The molecule has 3 aromatic rings. The first kappa shape index (κ1) is 18.8. The summed E-state index contributed by atoms with van der Waals surface area (Å²) < 4.78 is 13.4. The van der Waals surface area contributed by atoms with Gasteiger partial charge in [0.25, 0.3) is 0 Å². The lowest BCUT2D eigenvalue weighted by atomic mass is 10.1. The first-order valence-corrected chi connectivity index (χ1v) is 9.09. The molecule has 0 saturated heterocycles. The molecule has 140 valence electrons. The van der Waals surface area contributed by atoms with Crippen molar-refractivity contribution in [1.82, 2.24) is 9.97 Å². The minimum atomic E-state index is -0.998. The third kappa shape index (κ3) is 4.05. The molecule has 6 heteroatoms. The largest absolute Gasteiger partial charge is 0.478 e. The van der Waals surface area contributed by atoms with E-state index in [-0.39, 0.29) is 11.4 Å². The highest BCUT2D eigenvalue weighted by Crippen LogP contribution is 2.30. The Balaban J connectivity index is 2.23. The summed E-state index contributed by atoms with van der Waals surface area (Å²) in [5.41, 5.74) is 2.77. The van der Waals surface area contributed by atoms with Crippen LogP contribution in [-0.4, -0.2) is 34.1 Å². The van der Waals surface area contributed by atoms with Gasteiger partial charge in [0.1, 0.15) is 11.5 Å². The predicted octanol–water partition coefficient (Wildman–Crippen LogP) is 4.76. The molecule has 0 spiro atoms. The third-order valence-corrected chi connectivity index (χ3v) is 4.30. The molecular formula is C21H22FN3O2. The zero-order valence-electron chi connectivity index (χ0n) is 15.4. The van der Waals surface area contributed by atoms with Gasteiger partial charge >= 0.3 is 5.97 Å². The van der Waals surface area contributed by atoms with Crippen molar-refractivity contribution in [3.05, 3.63) is 53.8 Å². The number of carboxylic acids is 1. The van der Waals surface area contributed by atoms with E-state index < -0.39 is 5.97 Å². The summed E-state index contributed by atoms with van der Waals surface area (Å²) in [6.07, 6.45) is 1.88. The van der Waals surface area contributed by atoms with Crippen LogP contribution in [0.1, 0.15) is 37.0 Å². The number of halogens is 1.